The molecule has 0 saturated heterocycles. The van der Waals surface area contributed by atoms with Crippen molar-refractivity contribution >= 4 is 17.6 Å². The van der Waals surface area contributed by atoms with Gasteiger partial charge in [-0.3, -0.25) is 14.4 Å². The van der Waals surface area contributed by atoms with E-state index in [-0.39, 0.29) is 12.3 Å². The number of esters is 1. The van der Waals surface area contributed by atoms with Gasteiger partial charge in [0.2, 0.25) is 0 Å². The van der Waals surface area contributed by atoms with Gasteiger partial charge in [0.05, 0.1) is 26.3 Å². The number of methoxy groups -OCH3 is 2. The summed E-state index contributed by atoms with van der Waals surface area (Å²) in [5.74, 6) is -0.00886. The molecule has 1 heterocycles. The van der Waals surface area contributed by atoms with Crippen LogP contribution >= 0.6 is 0 Å². The van der Waals surface area contributed by atoms with E-state index >= 15 is 0 Å². The fourth-order valence-electron chi connectivity index (χ4n) is 2.59. The van der Waals surface area contributed by atoms with Gasteiger partial charge in [0, 0.05) is 5.56 Å². The first-order valence-corrected chi connectivity index (χ1v) is 7.45. The maximum atomic E-state index is 12.7. The number of fused-ring (bicyclic) bond motifs is 1. The summed E-state index contributed by atoms with van der Waals surface area (Å²) in [5.41, 5.74) is 1.75. The van der Waals surface area contributed by atoms with Gasteiger partial charge in [-0.1, -0.05) is 18.2 Å². The largest absolute Gasteiger partial charge is 0.497 e. The highest BCUT2D eigenvalue weighted by atomic mass is 16.7. The smallest absolute Gasteiger partial charge is 0.308 e. The van der Waals surface area contributed by atoms with Gasteiger partial charge in [0.15, 0.2) is 0 Å². The Morgan fingerprint density at radius 2 is 1.83 bits per heavy atom. The highest BCUT2D eigenvalue weighted by molar-refractivity contribution is 6.06. The third kappa shape index (κ3) is 2.96. The lowest BCUT2D eigenvalue weighted by Crippen LogP contribution is -2.38. The molecule has 0 radical (unpaired) electrons. The van der Waals surface area contributed by atoms with E-state index in [1.807, 2.05) is 6.07 Å². The summed E-state index contributed by atoms with van der Waals surface area (Å²) in [6.45, 7) is 0. The van der Waals surface area contributed by atoms with Crippen molar-refractivity contribution in [1.29, 1.82) is 0 Å². The van der Waals surface area contributed by atoms with Crippen molar-refractivity contribution in [2.75, 3.05) is 19.3 Å². The van der Waals surface area contributed by atoms with Crippen LogP contribution in [-0.4, -0.2) is 26.1 Å². The molecule has 1 aliphatic heterocycles. The molecule has 0 N–H and O–H groups in total. The van der Waals surface area contributed by atoms with Crippen molar-refractivity contribution in [3.8, 4) is 5.75 Å². The van der Waals surface area contributed by atoms with Crippen LogP contribution in [0.1, 0.15) is 28.4 Å². The first kappa shape index (κ1) is 16.0. The van der Waals surface area contributed by atoms with Crippen LogP contribution in [-0.2, 0) is 14.4 Å². The van der Waals surface area contributed by atoms with Crippen LogP contribution in [0.15, 0.2) is 48.5 Å². The molecular formula is C18H17NO5. The molecule has 1 atom stereocenters. The third-order valence-electron chi connectivity index (χ3n) is 3.84. The second-order valence-electron chi connectivity index (χ2n) is 5.26. The zero-order valence-corrected chi connectivity index (χ0v) is 13.4. The Bertz CT molecular complexity index is 756. The van der Waals surface area contributed by atoms with Crippen LogP contribution in [0.3, 0.4) is 0 Å². The molecule has 124 valence electrons. The van der Waals surface area contributed by atoms with Gasteiger partial charge in [-0.25, -0.2) is 0 Å². The molecular weight excluding hydrogens is 310 g/mol. The third-order valence-corrected chi connectivity index (χ3v) is 3.84. The number of rotatable bonds is 4. The molecule has 0 spiro atoms. The van der Waals surface area contributed by atoms with E-state index in [0.29, 0.717) is 22.6 Å². The molecule has 2 aromatic rings. The molecule has 6 nitrogen and oxygen atoms in total. The highest BCUT2D eigenvalue weighted by Crippen LogP contribution is 2.35. The van der Waals surface area contributed by atoms with Crippen LogP contribution < -0.4 is 9.80 Å². The molecule has 2 aromatic carbocycles. The fourth-order valence-corrected chi connectivity index (χ4v) is 2.59. The normalized spacial score (nSPS) is 16.5. The number of anilines is 1. The zero-order chi connectivity index (χ0) is 17.1. The first-order valence-electron chi connectivity index (χ1n) is 7.45. The molecule has 1 amide bonds. The van der Waals surface area contributed by atoms with Crippen molar-refractivity contribution in [3.05, 3.63) is 59.7 Å². The number of benzene rings is 2. The molecule has 24 heavy (non-hydrogen) atoms. The number of amides is 1. The van der Waals surface area contributed by atoms with Crippen LogP contribution in [0.2, 0.25) is 0 Å². The van der Waals surface area contributed by atoms with Crippen molar-refractivity contribution < 1.29 is 23.9 Å². The number of carbonyl (C=O) groups is 2. The van der Waals surface area contributed by atoms with Crippen LogP contribution in [0, 0.1) is 0 Å². The minimum absolute atomic E-state index is 0.0213. The minimum atomic E-state index is -0.589. The summed E-state index contributed by atoms with van der Waals surface area (Å²) < 4.78 is 9.85. The number of carbonyl (C=O) groups excluding carboxylic acids is 2. The molecule has 1 aliphatic rings. The topological polar surface area (TPSA) is 65.1 Å². The average Bonchev–Trinajstić information content (AvgIpc) is 2.64. The van der Waals surface area contributed by atoms with Gasteiger partial charge >= 0.3 is 5.97 Å². The Labute approximate surface area is 139 Å². The van der Waals surface area contributed by atoms with Crippen molar-refractivity contribution in [2.45, 2.75) is 12.5 Å². The maximum absolute atomic E-state index is 12.7. The Morgan fingerprint density at radius 1 is 1.12 bits per heavy atom. The monoisotopic (exact) mass is 327 g/mol. The second-order valence-corrected chi connectivity index (χ2v) is 5.26. The van der Waals surface area contributed by atoms with E-state index in [1.54, 1.807) is 49.6 Å². The predicted octanol–water partition coefficient (Wildman–Crippen LogP) is 2.89. The summed E-state index contributed by atoms with van der Waals surface area (Å²) in [7, 11) is 2.89. The second kappa shape index (κ2) is 6.72. The van der Waals surface area contributed by atoms with Gasteiger partial charge < -0.3 is 9.47 Å². The maximum Gasteiger partial charge on any atom is 0.308 e. The predicted molar refractivity (Wildman–Crippen MR) is 86.7 cm³/mol. The van der Waals surface area contributed by atoms with E-state index in [4.69, 9.17) is 14.3 Å². The molecule has 0 aromatic heterocycles. The van der Waals surface area contributed by atoms with Gasteiger partial charge in [-0.05, 0) is 35.9 Å². The molecule has 1 unspecified atom stereocenters. The van der Waals surface area contributed by atoms with Gasteiger partial charge in [0.25, 0.3) is 5.91 Å². The molecule has 0 bridgehead atoms. The molecule has 3 rings (SSSR count). The number of ether oxygens (including phenoxy) is 2. The van der Waals surface area contributed by atoms with Gasteiger partial charge in [0.1, 0.15) is 11.9 Å². The Morgan fingerprint density at radius 3 is 2.50 bits per heavy atom. The molecule has 0 saturated carbocycles. The van der Waals surface area contributed by atoms with E-state index in [0.717, 1.165) is 0 Å². The van der Waals surface area contributed by atoms with Crippen LogP contribution in [0.25, 0.3) is 0 Å². The minimum Gasteiger partial charge on any atom is -0.497 e. The Kier molecular flexibility index (Phi) is 4.48. The first-order chi connectivity index (χ1) is 11.6. The molecule has 0 aliphatic carbocycles. The Balaban J connectivity index is 1.97. The molecule has 0 fully saturated rings. The number of hydrogen-bond acceptors (Lipinski definition) is 5. The lowest BCUT2D eigenvalue weighted by molar-refractivity contribution is -0.144. The van der Waals surface area contributed by atoms with Gasteiger partial charge in [-0.2, -0.15) is 5.06 Å². The van der Waals surface area contributed by atoms with Gasteiger partial charge in [-0.15, -0.1) is 0 Å². The summed E-state index contributed by atoms with van der Waals surface area (Å²) >= 11 is 0. The quantitative estimate of drug-likeness (QED) is 0.808. The summed E-state index contributed by atoms with van der Waals surface area (Å²) in [6, 6.07) is 14.0. The van der Waals surface area contributed by atoms with Crippen LogP contribution in [0.5, 0.6) is 5.75 Å². The number of nitrogens with zero attached hydrogens (tertiary/aromatic N) is 1. The van der Waals surface area contributed by atoms with E-state index in [1.165, 1.54) is 12.2 Å². The summed E-state index contributed by atoms with van der Waals surface area (Å²) in [4.78, 5) is 30.2. The number of hydroxylamine groups is 1. The van der Waals surface area contributed by atoms with Crippen molar-refractivity contribution in [3.63, 3.8) is 0 Å². The van der Waals surface area contributed by atoms with Crippen molar-refractivity contribution in [1.82, 2.24) is 0 Å². The lowest BCUT2D eigenvalue weighted by Gasteiger charge is -2.33. The zero-order valence-electron chi connectivity index (χ0n) is 13.4. The average molecular weight is 327 g/mol. The summed E-state index contributed by atoms with van der Waals surface area (Å²) in [6.07, 6.45) is -0.568. The van der Waals surface area contributed by atoms with E-state index in [2.05, 4.69) is 0 Å². The van der Waals surface area contributed by atoms with Crippen LogP contribution in [0.4, 0.5) is 5.69 Å². The summed E-state index contributed by atoms with van der Waals surface area (Å²) in [5, 5.41) is 1.20. The SMILES string of the molecule is COC(=O)CC1ON(c2ccc(OC)cc2)C(=O)c2ccccc21. The lowest BCUT2D eigenvalue weighted by atomic mass is 9.98. The standard InChI is InChI=1S/C18H17NO5/c1-22-13-9-7-12(8-10-13)19-18(21)15-6-4-3-5-14(15)16(24-19)11-17(20)23-2/h3-10,16H,11H2,1-2H3. The van der Waals surface area contributed by atoms with E-state index < -0.39 is 12.1 Å². The molecule has 6 heteroatoms. The van der Waals surface area contributed by atoms with E-state index in [9.17, 15) is 9.59 Å². The number of hydrogen-bond donors (Lipinski definition) is 0. The Hall–Kier alpha value is -2.86. The fraction of sp³-hybridized carbons (Fsp3) is 0.222. The van der Waals surface area contributed by atoms with Crippen molar-refractivity contribution in [2.24, 2.45) is 0 Å². The highest BCUT2D eigenvalue weighted by Gasteiger charge is 2.34.